The van der Waals surface area contributed by atoms with E-state index in [1.54, 1.807) is 12.1 Å². The number of carbonyl (C=O) groups excluding carboxylic acids is 1. The Morgan fingerprint density at radius 2 is 1.88 bits per heavy atom. The van der Waals surface area contributed by atoms with Crippen molar-refractivity contribution in [3.8, 4) is 21.7 Å². The summed E-state index contributed by atoms with van der Waals surface area (Å²) < 4.78 is 0. The molecule has 0 unspecified atom stereocenters. The van der Waals surface area contributed by atoms with E-state index in [1.165, 1.54) is 11.3 Å². The van der Waals surface area contributed by atoms with Gasteiger partial charge in [-0.15, -0.1) is 11.3 Å². The number of carbonyl (C=O) groups is 1. The first-order valence-corrected chi connectivity index (χ1v) is 9.72. The maximum absolute atomic E-state index is 12.5. The molecule has 0 spiro atoms. The molecule has 0 radical (unpaired) electrons. The number of unbranched alkanes of at least 4 members (excludes halogenated alkanes) is 1. The van der Waals surface area contributed by atoms with E-state index >= 15 is 0 Å². The van der Waals surface area contributed by atoms with Crippen molar-refractivity contribution in [3.63, 3.8) is 0 Å². The van der Waals surface area contributed by atoms with E-state index in [2.05, 4.69) is 11.9 Å². The lowest BCUT2D eigenvalue weighted by molar-refractivity contribution is 0.0979. The van der Waals surface area contributed by atoms with Crippen LogP contribution >= 0.6 is 34.5 Å². The van der Waals surface area contributed by atoms with E-state index in [-0.39, 0.29) is 5.78 Å². The van der Waals surface area contributed by atoms with Crippen LogP contribution in [0.2, 0.25) is 10.0 Å². The van der Waals surface area contributed by atoms with Crippen molar-refractivity contribution in [2.24, 2.45) is 0 Å². The van der Waals surface area contributed by atoms with Crippen molar-refractivity contribution in [1.29, 1.82) is 0 Å². The van der Waals surface area contributed by atoms with Gasteiger partial charge in [0.15, 0.2) is 10.8 Å². The van der Waals surface area contributed by atoms with Gasteiger partial charge < -0.3 is 0 Å². The number of rotatable bonds is 6. The Balaban J connectivity index is 2.12. The van der Waals surface area contributed by atoms with Gasteiger partial charge in [0.2, 0.25) is 0 Å². The first-order chi connectivity index (χ1) is 12.1. The molecule has 0 saturated carbocycles. The normalized spacial score (nSPS) is 10.8. The van der Waals surface area contributed by atoms with Crippen LogP contribution in [-0.4, -0.2) is 10.8 Å². The molecule has 2 aromatic carbocycles. The summed E-state index contributed by atoms with van der Waals surface area (Å²) in [6, 6.07) is 15.3. The first-order valence-electron chi connectivity index (χ1n) is 8.15. The Kier molecular flexibility index (Phi) is 5.89. The van der Waals surface area contributed by atoms with Gasteiger partial charge in [-0.25, -0.2) is 4.98 Å². The fourth-order valence-electron chi connectivity index (χ4n) is 2.53. The highest BCUT2D eigenvalue weighted by molar-refractivity contribution is 7.17. The topological polar surface area (TPSA) is 30.0 Å². The molecule has 3 rings (SSSR count). The molecule has 0 aliphatic rings. The minimum Gasteiger partial charge on any atom is -0.292 e. The lowest BCUT2D eigenvalue weighted by Gasteiger charge is -2.05. The summed E-state index contributed by atoms with van der Waals surface area (Å²) >= 11 is 13.8. The lowest BCUT2D eigenvalue weighted by atomic mass is 10.1. The third-order valence-corrected chi connectivity index (χ3v) is 5.54. The van der Waals surface area contributed by atoms with Gasteiger partial charge in [-0.05, 0) is 30.2 Å². The number of nitrogens with zero attached hydrogens (tertiary/aromatic N) is 1. The third kappa shape index (κ3) is 4.12. The van der Waals surface area contributed by atoms with Crippen molar-refractivity contribution in [2.75, 3.05) is 0 Å². The van der Waals surface area contributed by atoms with Gasteiger partial charge >= 0.3 is 0 Å². The number of halogens is 2. The monoisotopic (exact) mass is 389 g/mol. The highest BCUT2D eigenvalue weighted by atomic mass is 35.5. The fourth-order valence-corrected chi connectivity index (χ4v) is 4.08. The molecule has 0 aliphatic heterocycles. The lowest BCUT2D eigenvalue weighted by Crippen LogP contribution is -1.97. The average Bonchev–Trinajstić information content (AvgIpc) is 3.05. The second-order valence-corrected chi connectivity index (χ2v) is 7.56. The molecule has 1 aromatic heterocycles. The number of Topliss-reactive ketones (excluding diaryl/α,β-unsaturated/α-hetero) is 1. The molecule has 0 N–H and O–H groups in total. The molecular weight excluding hydrogens is 373 g/mol. The van der Waals surface area contributed by atoms with Gasteiger partial charge in [-0.2, -0.15) is 0 Å². The highest BCUT2D eigenvalue weighted by Crippen LogP contribution is 2.40. The molecule has 5 heteroatoms. The molecule has 128 valence electrons. The Bertz CT molecular complexity index is 890. The van der Waals surface area contributed by atoms with Gasteiger partial charge in [0.1, 0.15) is 0 Å². The van der Waals surface area contributed by atoms with Gasteiger partial charge in [0, 0.05) is 17.0 Å². The summed E-state index contributed by atoms with van der Waals surface area (Å²) in [7, 11) is 0. The minimum absolute atomic E-state index is 0.0837. The zero-order valence-electron chi connectivity index (χ0n) is 13.8. The van der Waals surface area contributed by atoms with Crippen LogP contribution < -0.4 is 0 Å². The Hall–Kier alpha value is -1.68. The zero-order valence-corrected chi connectivity index (χ0v) is 16.1. The molecular formula is C20H17Cl2NOS. The quantitative estimate of drug-likeness (QED) is 0.418. The van der Waals surface area contributed by atoms with Crippen molar-refractivity contribution < 1.29 is 4.79 Å². The largest absolute Gasteiger partial charge is 0.292 e. The standard InChI is InChI=1S/C20H17Cl2NOS/c1-2-3-9-17(24)20-23-18(15-11-10-14(21)12-16(15)22)19(25-20)13-7-5-4-6-8-13/h4-8,10-12H,2-3,9H2,1H3. The molecule has 0 atom stereocenters. The van der Waals surface area contributed by atoms with Crippen LogP contribution in [0.5, 0.6) is 0 Å². The Morgan fingerprint density at radius 1 is 1.12 bits per heavy atom. The van der Waals surface area contributed by atoms with E-state index in [4.69, 9.17) is 23.2 Å². The number of thiazole rings is 1. The number of aromatic nitrogens is 1. The van der Waals surface area contributed by atoms with E-state index in [0.29, 0.717) is 21.5 Å². The Labute approximate surface area is 161 Å². The third-order valence-electron chi connectivity index (χ3n) is 3.85. The second kappa shape index (κ2) is 8.13. The fraction of sp³-hybridized carbons (Fsp3) is 0.200. The number of hydrogen-bond acceptors (Lipinski definition) is 3. The van der Waals surface area contributed by atoms with E-state index in [0.717, 1.165) is 34.5 Å². The van der Waals surface area contributed by atoms with Crippen molar-refractivity contribution >= 4 is 40.3 Å². The summed E-state index contributed by atoms with van der Waals surface area (Å²) in [6.45, 7) is 2.07. The van der Waals surface area contributed by atoms with Crippen LogP contribution in [0.1, 0.15) is 36.0 Å². The molecule has 2 nitrogen and oxygen atoms in total. The molecule has 0 saturated heterocycles. The Morgan fingerprint density at radius 3 is 2.56 bits per heavy atom. The van der Waals surface area contributed by atoms with Gasteiger partial charge in [-0.1, -0.05) is 66.9 Å². The molecule has 3 aromatic rings. The van der Waals surface area contributed by atoms with Crippen LogP contribution in [0.4, 0.5) is 0 Å². The van der Waals surface area contributed by atoms with E-state index in [9.17, 15) is 4.79 Å². The van der Waals surface area contributed by atoms with Crippen LogP contribution in [0, 0.1) is 0 Å². The highest BCUT2D eigenvalue weighted by Gasteiger charge is 2.20. The molecule has 0 fully saturated rings. The maximum Gasteiger partial charge on any atom is 0.191 e. The first kappa shape index (κ1) is 18.1. The molecule has 0 bridgehead atoms. The van der Waals surface area contributed by atoms with Gasteiger partial charge in [0.05, 0.1) is 15.6 Å². The molecule has 0 aliphatic carbocycles. The van der Waals surface area contributed by atoms with Crippen molar-refractivity contribution in [1.82, 2.24) is 4.98 Å². The van der Waals surface area contributed by atoms with E-state index < -0.39 is 0 Å². The molecule has 0 amide bonds. The molecule has 1 heterocycles. The minimum atomic E-state index is 0.0837. The zero-order chi connectivity index (χ0) is 17.8. The summed E-state index contributed by atoms with van der Waals surface area (Å²) in [4.78, 5) is 18.1. The predicted molar refractivity (Wildman–Crippen MR) is 107 cm³/mol. The van der Waals surface area contributed by atoms with Crippen LogP contribution in [0.15, 0.2) is 48.5 Å². The number of benzene rings is 2. The van der Waals surface area contributed by atoms with Crippen LogP contribution in [0.3, 0.4) is 0 Å². The summed E-state index contributed by atoms with van der Waals surface area (Å²) in [5.74, 6) is 0.0837. The smallest absolute Gasteiger partial charge is 0.191 e. The molecule has 25 heavy (non-hydrogen) atoms. The average molecular weight is 390 g/mol. The van der Waals surface area contributed by atoms with Crippen LogP contribution in [-0.2, 0) is 0 Å². The summed E-state index contributed by atoms with van der Waals surface area (Å²) in [6.07, 6.45) is 2.38. The van der Waals surface area contributed by atoms with Crippen molar-refractivity contribution in [3.05, 3.63) is 63.6 Å². The SMILES string of the molecule is CCCCC(=O)c1nc(-c2ccc(Cl)cc2Cl)c(-c2ccccc2)s1. The second-order valence-electron chi connectivity index (χ2n) is 5.71. The summed E-state index contributed by atoms with van der Waals surface area (Å²) in [5.41, 5.74) is 2.55. The van der Waals surface area contributed by atoms with Gasteiger partial charge in [0.25, 0.3) is 0 Å². The number of hydrogen-bond donors (Lipinski definition) is 0. The number of ketones is 1. The van der Waals surface area contributed by atoms with Crippen LogP contribution in [0.25, 0.3) is 21.7 Å². The van der Waals surface area contributed by atoms with Crippen molar-refractivity contribution in [2.45, 2.75) is 26.2 Å². The summed E-state index contributed by atoms with van der Waals surface area (Å²) in [5, 5.41) is 1.64. The van der Waals surface area contributed by atoms with Gasteiger partial charge in [-0.3, -0.25) is 4.79 Å². The van der Waals surface area contributed by atoms with E-state index in [1.807, 2.05) is 36.4 Å². The maximum atomic E-state index is 12.5. The predicted octanol–water partition coefficient (Wildman–Crippen LogP) is 7.16.